The summed E-state index contributed by atoms with van der Waals surface area (Å²) in [5.74, 6) is 1.23. The largest absolute Gasteiger partial charge is 0.385 e. The van der Waals surface area contributed by atoms with E-state index in [9.17, 15) is 5.11 Å². The summed E-state index contributed by atoms with van der Waals surface area (Å²) in [6.45, 7) is 5.62. The van der Waals surface area contributed by atoms with Crippen LogP contribution in [0.5, 0.6) is 0 Å². The summed E-state index contributed by atoms with van der Waals surface area (Å²) >= 11 is 3.40. The Balaban J connectivity index is 2.04. The molecule has 0 aliphatic carbocycles. The number of nitrogens with zero attached hydrogens (tertiary/aromatic N) is 2. The highest BCUT2D eigenvalue weighted by Gasteiger charge is 2.39. The second-order valence-electron chi connectivity index (χ2n) is 4.64. The maximum atomic E-state index is 10.4. The van der Waals surface area contributed by atoms with Gasteiger partial charge in [-0.05, 0) is 29.8 Å². The number of hydrogen-bond donors (Lipinski definition) is 3. The van der Waals surface area contributed by atoms with Crippen molar-refractivity contribution in [3.8, 4) is 0 Å². The number of aromatic nitrogens is 2. The smallest absolute Gasteiger partial charge is 0.224 e. The maximum absolute atomic E-state index is 10.4. The molecule has 0 bridgehead atoms. The zero-order valence-corrected chi connectivity index (χ0v) is 12.7. The summed E-state index contributed by atoms with van der Waals surface area (Å²) in [5.41, 5.74) is -0.845. The molecule has 1 aromatic heterocycles. The molecule has 6 nitrogen and oxygen atoms in total. The fourth-order valence-corrected chi connectivity index (χ4v) is 2.31. The molecule has 2 atom stereocenters. The Morgan fingerprint density at radius 3 is 3.00 bits per heavy atom. The molecule has 2 unspecified atom stereocenters. The Bertz CT molecular complexity index is 446. The molecule has 106 valence electrons. The van der Waals surface area contributed by atoms with E-state index in [1.807, 2.05) is 13.8 Å². The summed E-state index contributed by atoms with van der Waals surface area (Å²) in [4.78, 5) is 8.49. The summed E-state index contributed by atoms with van der Waals surface area (Å²) in [6.07, 6.45) is 2.14. The average Bonchev–Trinajstić information content (AvgIpc) is 2.71. The van der Waals surface area contributed by atoms with Crippen molar-refractivity contribution < 1.29 is 9.84 Å². The van der Waals surface area contributed by atoms with Crippen LogP contribution in [-0.2, 0) is 4.74 Å². The minimum Gasteiger partial charge on any atom is -0.385 e. The third-order valence-corrected chi connectivity index (χ3v) is 3.88. The summed E-state index contributed by atoms with van der Waals surface area (Å²) in [5, 5.41) is 16.6. The number of nitrogens with one attached hydrogen (secondary N) is 2. The highest BCUT2D eigenvalue weighted by Crippen LogP contribution is 2.27. The van der Waals surface area contributed by atoms with Crippen molar-refractivity contribution in [2.75, 3.05) is 30.3 Å². The van der Waals surface area contributed by atoms with Crippen molar-refractivity contribution in [3.05, 3.63) is 10.7 Å². The summed E-state index contributed by atoms with van der Waals surface area (Å²) in [7, 11) is 0. The molecule has 19 heavy (non-hydrogen) atoms. The number of halogens is 1. The maximum Gasteiger partial charge on any atom is 0.224 e. The van der Waals surface area contributed by atoms with Crippen molar-refractivity contribution in [3.63, 3.8) is 0 Å². The lowest BCUT2D eigenvalue weighted by Crippen LogP contribution is -2.43. The molecule has 0 amide bonds. The van der Waals surface area contributed by atoms with Gasteiger partial charge in [0.05, 0.1) is 10.6 Å². The Morgan fingerprint density at radius 2 is 2.37 bits per heavy atom. The Hall–Kier alpha value is -0.920. The van der Waals surface area contributed by atoms with E-state index in [1.54, 1.807) is 6.20 Å². The van der Waals surface area contributed by atoms with Crippen molar-refractivity contribution in [1.82, 2.24) is 9.97 Å². The van der Waals surface area contributed by atoms with Crippen LogP contribution in [0.4, 0.5) is 11.8 Å². The first-order valence-corrected chi connectivity index (χ1v) is 7.19. The molecule has 1 saturated heterocycles. The fraction of sp³-hybridized carbons (Fsp3) is 0.667. The molecule has 3 N–H and O–H groups in total. The quantitative estimate of drug-likeness (QED) is 0.761. The number of ether oxygens (including phenoxy) is 1. The molecular formula is C12H19BrN4O2. The third kappa shape index (κ3) is 3.34. The first-order chi connectivity index (χ1) is 9.05. The molecule has 7 heteroatoms. The molecule has 0 radical (unpaired) electrons. The molecule has 0 aromatic carbocycles. The number of hydrogen-bond acceptors (Lipinski definition) is 6. The van der Waals surface area contributed by atoms with Crippen molar-refractivity contribution in [2.45, 2.75) is 32.0 Å². The van der Waals surface area contributed by atoms with Gasteiger partial charge in [0.1, 0.15) is 11.4 Å². The lowest BCUT2D eigenvalue weighted by atomic mass is 9.97. The van der Waals surface area contributed by atoms with Crippen LogP contribution in [0.3, 0.4) is 0 Å². The van der Waals surface area contributed by atoms with Crippen molar-refractivity contribution in [1.29, 1.82) is 0 Å². The van der Waals surface area contributed by atoms with Crippen LogP contribution in [0.15, 0.2) is 10.7 Å². The van der Waals surface area contributed by atoms with Gasteiger partial charge in [-0.1, -0.05) is 0 Å². The molecule has 1 aromatic rings. The first kappa shape index (κ1) is 14.5. The molecule has 1 aliphatic heterocycles. The van der Waals surface area contributed by atoms with Gasteiger partial charge in [0.15, 0.2) is 0 Å². The zero-order chi connectivity index (χ0) is 13.9. The number of rotatable bonds is 5. The summed E-state index contributed by atoms with van der Waals surface area (Å²) < 4.78 is 6.17. The molecule has 2 rings (SSSR count). The standard InChI is InChI=1S/C12H19BrN4O2/c1-3-14-11-15-6-9(13)10(17-11)16-7-12(18)4-5-19-8(12)2/h6,8,18H,3-5,7H2,1-2H3,(H2,14,15,16,17). The monoisotopic (exact) mass is 330 g/mol. The normalized spacial score (nSPS) is 26.4. The van der Waals surface area contributed by atoms with Crippen LogP contribution in [0, 0.1) is 0 Å². The topological polar surface area (TPSA) is 79.3 Å². The lowest BCUT2D eigenvalue weighted by Gasteiger charge is -2.26. The average molecular weight is 331 g/mol. The zero-order valence-electron chi connectivity index (χ0n) is 11.1. The molecule has 0 spiro atoms. The van der Waals surface area contributed by atoms with Gasteiger partial charge >= 0.3 is 0 Å². The molecule has 1 aliphatic rings. The van der Waals surface area contributed by atoms with Gasteiger partial charge in [-0.3, -0.25) is 0 Å². The minimum absolute atomic E-state index is 0.172. The highest BCUT2D eigenvalue weighted by molar-refractivity contribution is 9.10. The SMILES string of the molecule is CCNc1ncc(Br)c(NCC2(O)CCOC2C)n1. The predicted molar refractivity (Wildman–Crippen MR) is 77.4 cm³/mol. The second-order valence-corrected chi connectivity index (χ2v) is 5.49. The van der Waals surface area contributed by atoms with E-state index >= 15 is 0 Å². The van der Waals surface area contributed by atoms with Crippen LogP contribution in [0.2, 0.25) is 0 Å². The van der Waals surface area contributed by atoms with E-state index in [0.29, 0.717) is 31.3 Å². The molecular weight excluding hydrogens is 312 g/mol. The van der Waals surface area contributed by atoms with E-state index in [4.69, 9.17) is 4.74 Å². The minimum atomic E-state index is -0.845. The van der Waals surface area contributed by atoms with Gasteiger partial charge in [0.2, 0.25) is 5.95 Å². The van der Waals surface area contributed by atoms with E-state index in [2.05, 4.69) is 36.5 Å². The number of anilines is 2. The highest BCUT2D eigenvalue weighted by atomic mass is 79.9. The van der Waals surface area contributed by atoms with Gasteiger partial charge in [-0.15, -0.1) is 0 Å². The van der Waals surface area contributed by atoms with Gasteiger partial charge in [-0.25, -0.2) is 4.98 Å². The van der Waals surface area contributed by atoms with Crippen LogP contribution in [0.1, 0.15) is 20.3 Å². The lowest BCUT2D eigenvalue weighted by molar-refractivity contribution is -0.0176. The van der Waals surface area contributed by atoms with Crippen LogP contribution in [0.25, 0.3) is 0 Å². The molecule has 0 saturated carbocycles. The van der Waals surface area contributed by atoms with E-state index in [0.717, 1.165) is 11.0 Å². The van der Waals surface area contributed by atoms with E-state index in [-0.39, 0.29) is 6.10 Å². The van der Waals surface area contributed by atoms with Gasteiger partial charge in [0, 0.05) is 32.3 Å². The third-order valence-electron chi connectivity index (χ3n) is 3.30. The van der Waals surface area contributed by atoms with Gasteiger partial charge in [0.25, 0.3) is 0 Å². The van der Waals surface area contributed by atoms with Crippen molar-refractivity contribution >= 4 is 27.7 Å². The Kier molecular flexibility index (Phi) is 4.59. The molecule has 2 heterocycles. The Morgan fingerprint density at radius 1 is 1.58 bits per heavy atom. The predicted octanol–water partition coefficient (Wildman–Crippen LogP) is 1.62. The van der Waals surface area contributed by atoms with Gasteiger partial charge < -0.3 is 20.5 Å². The van der Waals surface area contributed by atoms with Crippen molar-refractivity contribution in [2.24, 2.45) is 0 Å². The summed E-state index contributed by atoms with van der Waals surface area (Å²) in [6, 6.07) is 0. The van der Waals surface area contributed by atoms with Crippen LogP contribution in [-0.4, -0.2) is 46.5 Å². The van der Waals surface area contributed by atoms with E-state index in [1.165, 1.54) is 0 Å². The van der Waals surface area contributed by atoms with Gasteiger partial charge in [-0.2, -0.15) is 4.98 Å². The number of aliphatic hydroxyl groups is 1. The van der Waals surface area contributed by atoms with Crippen LogP contribution >= 0.6 is 15.9 Å². The molecule has 1 fully saturated rings. The first-order valence-electron chi connectivity index (χ1n) is 6.39. The van der Waals surface area contributed by atoms with E-state index < -0.39 is 5.60 Å². The Labute approximate surface area is 121 Å². The second kappa shape index (κ2) is 6.02. The van der Waals surface area contributed by atoms with Crippen LogP contribution < -0.4 is 10.6 Å². The fourth-order valence-electron chi connectivity index (χ4n) is 1.97.